The number of hydrogen-bond donors (Lipinski definition) is 2. The van der Waals surface area contributed by atoms with Crippen molar-refractivity contribution >= 4 is 62.8 Å². The summed E-state index contributed by atoms with van der Waals surface area (Å²) < 4.78 is 21.1. The van der Waals surface area contributed by atoms with Gasteiger partial charge >= 0.3 is 0 Å². The van der Waals surface area contributed by atoms with Crippen LogP contribution in [0.2, 0.25) is 0 Å². The van der Waals surface area contributed by atoms with Crippen LogP contribution in [-0.4, -0.2) is 65.5 Å². The van der Waals surface area contributed by atoms with Crippen LogP contribution >= 0.6 is 18.5 Å². The minimum absolute atomic E-state index is 0.0294. The van der Waals surface area contributed by atoms with Crippen LogP contribution in [0.4, 0.5) is 28.8 Å². The Morgan fingerprint density at radius 1 is 0.909 bits per heavy atom. The van der Waals surface area contributed by atoms with Gasteiger partial charge in [0.25, 0.3) is 0 Å². The Kier molecular flexibility index (Phi) is 9.18. The highest BCUT2D eigenvalue weighted by molar-refractivity contribution is 7.73. The zero-order valence-corrected chi connectivity index (χ0v) is 28.3. The first-order valence-corrected chi connectivity index (χ1v) is 18.7. The van der Waals surface area contributed by atoms with Crippen molar-refractivity contribution in [2.75, 3.05) is 48.8 Å². The number of ether oxygens (including phenoxy) is 1. The zero-order valence-electron chi connectivity index (χ0n) is 26.5. The molecule has 10 heteroatoms. The maximum atomic E-state index is 14.3. The molecule has 2 saturated heterocycles. The number of fused-ring (bicyclic) bond motifs is 1. The number of para-hydroxylation sites is 1. The maximum absolute atomic E-state index is 14.3. The van der Waals surface area contributed by atoms with Gasteiger partial charge in [0.1, 0.15) is 12.9 Å². The van der Waals surface area contributed by atoms with E-state index < -0.39 is 7.14 Å². The molecule has 0 amide bonds. The molecule has 0 radical (unpaired) electrons. The van der Waals surface area contributed by atoms with E-state index in [1.54, 1.807) is 18.4 Å². The van der Waals surface area contributed by atoms with E-state index in [1.165, 1.54) is 44.5 Å². The Balaban J connectivity index is 1.25. The number of nitrogens with one attached hydrogen (secondary N) is 2. The fourth-order valence-electron chi connectivity index (χ4n) is 6.86. The summed E-state index contributed by atoms with van der Waals surface area (Å²) in [6, 6.07) is 17.0. The highest BCUT2D eigenvalue weighted by atomic mass is 32.1. The predicted octanol–water partition coefficient (Wildman–Crippen LogP) is 8.06. The molecule has 0 bridgehead atoms. The van der Waals surface area contributed by atoms with E-state index in [-0.39, 0.29) is 11.3 Å². The van der Waals surface area contributed by atoms with Gasteiger partial charge in [0.05, 0.1) is 28.7 Å². The second-order valence-electron chi connectivity index (χ2n) is 12.5. The molecule has 2 aromatic carbocycles. The largest absolute Gasteiger partial charge is 0.494 e. The molecule has 44 heavy (non-hydrogen) atoms. The number of methoxy groups -OCH3 is 1. The van der Waals surface area contributed by atoms with Gasteiger partial charge in [-0.2, -0.15) is 4.98 Å². The molecule has 2 aromatic heterocycles. The van der Waals surface area contributed by atoms with Crippen molar-refractivity contribution in [3.63, 3.8) is 0 Å². The van der Waals surface area contributed by atoms with Gasteiger partial charge in [-0.3, -0.25) is 0 Å². The number of anilines is 5. The second-order valence-corrected chi connectivity index (χ2v) is 17.4. The van der Waals surface area contributed by atoms with Crippen molar-refractivity contribution in [1.82, 2.24) is 14.9 Å². The first-order valence-electron chi connectivity index (χ1n) is 15.9. The molecule has 0 unspecified atom stereocenters. The van der Waals surface area contributed by atoms with E-state index in [1.807, 2.05) is 35.7 Å². The van der Waals surface area contributed by atoms with Crippen LogP contribution < -0.4 is 25.6 Å². The summed E-state index contributed by atoms with van der Waals surface area (Å²) >= 11 is 1.59. The molecule has 4 aromatic rings. The summed E-state index contributed by atoms with van der Waals surface area (Å²) in [5, 5.41) is 9.87. The summed E-state index contributed by atoms with van der Waals surface area (Å²) in [5.41, 5.74) is 3.73. The third-order valence-corrected chi connectivity index (χ3v) is 14.4. The summed E-state index contributed by atoms with van der Waals surface area (Å²) in [7, 11) is -0.973. The van der Waals surface area contributed by atoms with E-state index in [0.717, 1.165) is 51.8 Å². The van der Waals surface area contributed by atoms with Crippen LogP contribution in [0, 0.1) is 0 Å². The smallest absolute Gasteiger partial charge is 0.229 e. The number of thiophene rings is 1. The van der Waals surface area contributed by atoms with Gasteiger partial charge in [-0.15, -0.1) is 11.3 Å². The van der Waals surface area contributed by atoms with Crippen molar-refractivity contribution in [2.45, 2.75) is 70.7 Å². The maximum Gasteiger partial charge on any atom is 0.229 e. The van der Waals surface area contributed by atoms with Gasteiger partial charge in [0.2, 0.25) is 5.95 Å². The van der Waals surface area contributed by atoms with Crippen molar-refractivity contribution in [3.05, 3.63) is 53.9 Å². The van der Waals surface area contributed by atoms with Gasteiger partial charge in [0.15, 0.2) is 5.82 Å². The lowest BCUT2D eigenvalue weighted by Gasteiger charge is -2.38. The van der Waals surface area contributed by atoms with Gasteiger partial charge in [0, 0.05) is 47.5 Å². The third kappa shape index (κ3) is 6.07. The van der Waals surface area contributed by atoms with Crippen LogP contribution in [0.15, 0.2) is 53.9 Å². The van der Waals surface area contributed by atoms with Crippen molar-refractivity contribution in [1.29, 1.82) is 0 Å². The highest BCUT2D eigenvalue weighted by Gasteiger charge is 2.34. The lowest BCUT2D eigenvalue weighted by molar-refractivity contribution is 0.208. The number of nitrogens with zero attached hydrogens (tertiary/aromatic N) is 4. The third-order valence-electron chi connectivity index (χ3n) is 9.29. The topological polar surface area (TPSA) is 82.6 Å². The highest BCUT2D eigenvalue weighted by Crippen LogP contribution is 2.55. The van der Waals surface area contributed by atoms with Crippen LogP contribution in [-0.2, 0) is 4.57 Å². The van der Waals surface area contributed by atoms with E-state index in [4.69, 9.17) is 14.7 Å². The van der Waals surface area contributed by atoms with E-state index in [2.05, 4.69) is 66.3 Å². The van der Waals surface area contributed by atoms with Gasteiger partial charge < -0.3 is 29.7 Å². The van der Waals surface area contributed by atoms with Crippen LogP contribution in [0.25, 0.3) is 10.2 Å². The van der Waals surface area contributed by atoms with Crippen molar-refractivity contribution in [2.24, 2.45) is 0 Å². The summed E-state index contributed by atoms with van der Waals surface area (Å²) in [4.78, 5) is 14.9. The molecule has 0 spiro atoms. The number of rotatable bonds is 10. The second kappa shape index (κ2) is 13.1. The fraction of sp³-hybridized carbons (Fsp3) is 0.471. The quantitative estimate of drug-likeness (QED) is 0.170. The Bertz CT molecular complexity index is 1630. The monoisotopic (exact) mass is 632 g/mol. The van der Waals surface area contributed by atoms with E-state index >= 15 is 0 Å². The minimum atomic E-state index is -2.68. The Morgan fingerprint density at radius 2 is 1.64 bits per heavy atom. The Hall–Kier alpha value is -3.13. The van der Waals surface area contributed by atoms with E-state index in [9.17, 15) is 4.57 Å². The number of benzene rings is 2. The molecular weight excluding hydrogens is 587 g/mol. The van der Waals surface area contributed by atoms with Gasteiger partial charge in [-0.1, -0.05) is 39.8 Å². The first kappa shape index (κ1) is 30.9. The molecule has 2 aliphatic heterocycles. The zero-order chi connectivity index (χ0) is 30.8. The lowest BCUT2D eigenvalue weighted by Crippen LogP contribution is -2.43. The minimum Gasteiger partial charge on any atom is -0.494 e. The van der Waals surface area contributed by atoms with E-state index in [0.29, 0.717) is 11.8 Å². The molecule has 0 atom stereocenters. The normalized spacial score (nSPS) is 16.8. The fourth-order valence-corrected chi connectivity index (χ4v) is 10.8. The molecular formula is C34H45N6O2PS. The number of hydrogen-bond acceptors (Lipinski definition) is 9. The Morgan fingerprint density at radius 3 is 2.34 bits per heavy atom. The van der Waals surface area contributed by atoms with Crippen LogP contribution in [0.5, 0.6) is 5.75 Å². The average molecular weight is 633 g/mol. The SMILES string of the molecule is COc1cc(N2CCC(N3CCCC3)CC2)ccc1Nc1nc(Nc2ccccc2P(=O)(C(C)C)C(C)C)c2sccc2n1. The molecule has 0 saturated carbocycles. The molecule has 4 heterocycles. The molecule has 0 aliphatic carbocycles. The predicted molar refractivity (Wildman–Crippen MR) is 187 cm³/mol. The Labute approximate surface area is 265 Å². The molecule has 234 valence electrons. The molecule has 2 fully saturated rings. The van der Waals surface area contributed by atoms with Crippen molar-refractivity contribution in [3.8, 4) is 5.75 Å². The molecule has 8 nitrogen and oxygen atoms in total. The number of aromatic nitrogens is 2. The van der Waals surface area contributed by atoms with Crippen molar-refractivity contribution < 1.29 is 9.30 Å². The first-order chi connectivity index (χ1) is 21.3. The number of piperidine rings is 1. The molecule has 6 rings (SSSR count). The number of likely N-dealkylation sites (tertiary alicyclic amines) is 1. The summed E-state index contributed by atoms with van der Waals surface area (Å²) in [5.74, 6) is 1.92. The summed E-state index contributed by atoms with van der Waals surface area (Å²) in [6.07, 6.45) is 5.11. The molecule has 2 N–H and O–H groups in total. The van der Waals surface area contributed by atoms with Gasteiger partial charge in [-0.05, 0) is 74.5 Å². The molecule has 2 aliphatic rings. The lowest BCUT2D eigenvalue weighted by atomic mass is 10.0. The van der Waals surface area contributed by atoms with Crippen LogP contribution in [0.1, 0.15) is 53.4 Å². The van der Waals surface area contributed by atoms with Gasteiger partial charge in [-0.25, -0.2) is 4.98 Å². The average Bonchev–Trinajstić information content (AvgIpc) is 3.74. The van der Waals surface area contributed by atoms with Crippen LogP contribution in [0.3, 0.4) is 0 Å². The summed E-state index contributed by atoms with van der Waals surface area (Å²) in [6.45, 7) is 12.9. The standard InChI is InChI=1S/C34H45N6O2PS/c1-23(2)43(41,24(3)4)31-11-7-6-10-28(31)35-33-32-29(16-21-44-32)37-34(38-33)36-27-13-12-26(22-30(27)42-5)40-19-14-25(15-20-40)39-17-8-9-18-39/h6-7,10-13,16,21-25H,8-9,14-15,17-20H2,1-5H3,(H2,35,36,37,38).